The molecule has 0 saturated heterocycles. The Hall–Kier alpha value is -1.14. The van der Waals surface area contributed by atoms with Gasteiger partial charge in [0.2, 0.25) is 5.95 Å². The SMILES string of the molecule is CNc1ncc(Br)c(NC(C)c2ccc(C)s2)n1. The van der Waals surface area contributed by atoms with E-state index in [9.17, 15) is 0 Å². The van der Waals surface area contributed by atoms with Gasteiger partial charge in [0.25, 0.3) is 0 Å². The van der Waals surface area contributed by atoms with Gasteiger partial charge in [-0.3, -0.25) is 0 Å². The summed E-state index contributed by atoms with van der Waals surface area (Å²) in [7, 11) is 1.80. The molecule has 2 aromatic rings. The number of thiophene rings is 1. The van der Waals surface area contributed by atoms with E-state index >= 15 is 0 Å². The number of aryl methyl sites for hydroxylation is 1. The summed E-state index contributed by atoms with van der Waals surface area (Å²) in [5.41, 5.74) is 0. The van der Waals surface area contributed by atoms with Gasteiger partial charge in [-0.25, -0.2) is 4.98 Å². The lowest BCUT2D eigenvalue weighted by atomic mass is 10.2. The Balaban J connectivity index is 2.18. The summed E-state index contributed by atoms with van der Waals surface area (Å²) >= 11 is 5.25. The Morgan fingerprint density at radius 2 is 2.17 bits per heavy atom. The number of halogens is 1. The maximum absolute atomic E-state index is 4.39. The van der Waals surface area contributed by atoms with E-state index in [1.807, 2.05) is 0 Å². The normalized spacial score (nSPS) is 12.2. The number of nitrogens with zero attached hydrogens (tertiary/aromatic N) is 2. The van der Waals surface area contributed by atoms with Crippen LogP contribution in [0.3, 0.4) is 0 Å². The van der Waals surface area contributed by atoms with Gasteiger partial charge in [0.05, 0.1) is 10.5 Å². The van der Waals surface area contributed by atoms with Gasteiger partial charge in [0.1, 0.15) is 5.82 Å². The summed E-state index contributed by atoms with van der Waals surface area (Å²) < 4.78 is 0.863. The van der Waals surface area contributed by atoms with E-state index in [1.54, 1.807) is 24.6 Å². The second-order valence-corrected chi connectivity index (χ2v) is 6.13. The van der Waals surface area contributed by atoms with Crippen molar-refractivity contribution >= 4 is 39.0 Å². The van der Waals surface area contributed by atoms with E-state index < -0.39 is 0 Å². The zero-order chi connectivity index (χ0) is 13.1. The van der Waals surface area contributed by atoms with Crippen LogP contribution in [0, 0.1) is 6.92 Å². The van der Waals surface area contributed by atoms with Crippen molar-refractivity contribution in [1.82, 2.24) is 9.97 Å². The Morgan fingerprint density at radius 1 is 1.39 bits per heavy atom. The first kappa shape index (κ1) is 13.3. The molecule has 0 spiro atoms. The minimum absolute atomic E-state index is 0.222. The number of nitrogens with one attached hydrogen (secondary N) is 2. The van der Waals surface area contributed by atoms with Crippen molar-refractivity contribution in [3.05, 3.63) is 32.6 Å². The van der Waals surface area contributed by atoms with Crippen molar-refractivity contribution in [2.24, 2.45) is 0 Å². The molecule has 2 rings (SSSR count). The number of rotatable bonds is 4. The maximum Gasteiger partial charge on any atom is 0.224 e. The van der Waals surface area contributed by atoms with E-state index in [0.717, 1.165) is 10.3 Å². The van der Waals surface area contributed by atoms with E-state index in [4.69, 9.17) is 0 Å². The molecule has 0 amide bonds. The molecule has 0 saturated carbocycles. The molecule has 0 aliphatic heterocycles. The Labute approximate surface area is 119 Å². The van der Waals surface area contributed by atoms with Crippen molar-refractivity contribution in [3.63, 3.8) is 0 Å². The summed E-state index contributed by atoms with van der Waals surface area (Å²) in [5.74, 6) is 1.41. The van der Waals surface area contributed by atoms with Crippen LogP contribution in [-0.2, 0) is 0 Å². The third-order valence-electron chi connectivity index (χ3n) is 2.51. The van der Waals surface area contributed by atoms with Crippen molar-refractivity contribution in [2.75, 3.05) is 17.7 Å². The van der Waals surface area contributed by atoms with Gasteiger partial charge >= 0.3 is 0 Å². The second kappa shape index (κ2) is 5.67. The highest BCUT2D eigenvalue weighted by molar-refractivity contribution is 9.10. The summed E-state index contributed by atoms with van der Waals surface area (Å²) in [4.78, 5) is 11.1. The van der Waals surface area contributed by atoms with E-state index in [0.29, 0.717) is 5.95 Å². The molecule has 0 bridgehead atoms. The molecule has 6 heteroatoms. The quantitative estimate of drug-likeness (QED) is 0.896. The van der Waals surface area contributed by atoms with Crippen LogP contribution in [0.4, 0.5) is 11.8 Å². The minimum Gasteiger partial charge on any atom is -0.362 e. The zero-order valence-corrected chi connectivity index (χ0v) is 12.9. The first-order chi connectivity index (χ1) is 8.60. The van der Waals surface area contributed by atoms with Crippen LogP contribution in [0.5, 0.6) is 0 Å². The van der Waals surface area contributed by atoms with Gasteiger partial charge in [-0.15, -0.1) is 11.3 Å². The molecule has 0 radical (unpaired) electrons. The maximum atomic E-state index is 4.39. The van der Waals surface area contributed by atoms with Crippen molar-refractivity contribution < 1.29 is 0 Å². The molecule has 1 atom stereocenters. The van der Waals surface area contributed by atoms with Crippen molar-refractivity contribution in [1.29, 1.82) is 0 Å². The van der Waals surface area contributed by atoms with Gasteiger partial charge < -0.3 is 10.6 Å². The molecular formula is C12H15BrN4S. The molecule has 0 aromatic carbocycles. The van der Waals surface area contributed by atoms with Gasteiger partial charge in [-0.2, -0.15) is 4.98 Å². The summed E-state index contributed by atoms with van der Waals surface area (Å²) in [5, 5.41) is 6.32. The van der Waals surface area contributed by atoms with Crippen LogP contribution in [0.25, 0.3) is 0 Å². The van der Waals surface area contributed by atoms with Crippen LogP contribution in [0.2, 0.25) is 0 Å². The topological polar surface area (TPSA) is 49.8 Å². The molecule has 2 heterocycles. The molecule has 1 unspecified atom stereocenters. The van der Waals surface area contributed by atoms with E-state index in [1.165, 1.54) is 9.75 Å². The third kappa shape index (κ3) is 3.00. The fourth-order valence-electron chi connectivity index (χ4n) is 1.55. The molecule has 18 heavy (non-hydrogen) atoms. The number of hydrogen-bond donors (Lipinski definition) is 2. The summed E-state index contributed by atoms with van der Waals surface area (Å²) in [6.07, 6.45) is 1.74. The second-order valence-electron chi connectivity index (χ2n) is 3.95. The number of aromatic nitrogens is 2. The summed E-state index contributed by atoms with van der Waals surface area (Å²) in [6.45, 7) is 4.24. The predicted octanol–water partition coefficient (Wildman–Crippen LogP) is 3.82. The van der Waals surface area contributed by atoms with E-state index in [-0.39, 0.29) is 6.04 Å². The largest absolute Gasteiger partial charge is 0.362 e. The molecule has 0 fully saturated rings. The highest BCUT2D eigenvalue weighted by Gasteiger charge is 2.11. The Bertz CT molecular complexity index is 541. The lowest BCUT2D eigenvalue weighted by Gasteiger charge is -2.14. The molecule has 4 nitrogen and oxygen atoms in total. The first-order valence-corrected chi connectivity index (χ1v) is 7.24. The Kier molecular flexibility index (Phi) is 4.19. The van der Waals surface area contributed by atoms with E-state index in [2.05, 4.69) is 62.5 Å². The molecular weight excluding hydrogens is 312 g/mol. The van der Waals surface area contributed by atoms with Crippen LogP contribution >= 0.6 is 27.3 Å². The average Bonchev–Trinajstić information content (AvgIpc) is 2.79. The molecule has 2 N–H and O–H groups in total. The predicted molar refractivity (Wildman–Crippen MR) is 80.4 cm³/mol. The molecule has 2 aromatic heterocycles. The average molecular weight is 327 g/mol. The third-order valence-corrected chi connectivity index (χ3v) is 4.27. The van der Waals surface area contributed by atoms with Crippen molar-refractivity contribution in [3.8, 4) is 0 Å². The lowest BCUT2D eigenvalue weighted by molar-refractivity contribution is 0.891. The van der Waals surface area contributed by atoms with Gasteiger partial charge in [0, 0.05) is 23.0 Å². The number of anilines is 2. The van der Waals surface area contributed by atoms with Gasteiger partial charge in [0.15, 0.2) is 0 Å². The molecule has 0 aliphatic carbocycles. The zero-order valence-electron chi connectivity index (χ0n) is 10.5. The fraction of sp³-hybridized carbons (Fsp3) is 0.333. The first-order valence-electron chi connectivity index (χ1n) is 5.63. The summed E-state index contributed by atoms with van der Waals surface area (Å²) in [6, 6.07) is 4.50. The Morgan fingerprint density at radius 3 is 2.78 bits per heavy atom. The smallest absolute Gasteiger partial charge is 0.224 e. The van der Waals surface area contributed by atoms with Crippen LogP contribution in [-0.4, -0.2) is 17.0 Å². The van der Waals surface area contributed by atoms with Gasteiger partial charge in [-0.1, -0.05) is 0 Å². The monoisotopic (exact) mass is 326 g/mol. The van der Waals surface area contributed by atoms with Crippen LogP contribution < -0.4 is 10.6 Å². The highest BCUT2D eigenvalue weighted by Crippen LogP contribution is 2.28. The highest BCUT2D eigenvalue weighted by atomic mass is 79.9. The van der Waals surface area contributed by atoms with Crippen LogP contribution in [0.1, 0.15) is 22.7 Å². The lowest BCUT2D eigenvalue weighted by Crippen LogP contribution is -2.08. The number of hydrogen-bond acceptors (Lipinski definition) is 5. The van der Waals surface area contributed by atoms with Gasteiger partial charge in [-0.05, 0) is 41.9 Å². The van der Waals surface area contributed by atoms with Crippen LogP contribution in [0.15, 0.2) is 22.8 Å². The molecule has 0 aliphatic rings. The molecule has 96 valence electrons. The standard InChI is InChI=1S/C12H15BrN4S/c1-7-4-5-10(18-7)8(2)16-11-9(13)6-15-12(14-3)17-11/h4-6,8H,1-3H3,(H2,14,15,16,17). The van der Waals surface area contributed by atoms with Crippen molar-refractivity contribution in [2.45, 2.75) is 19.9 Å². The minimum atomic E-state index is 0.222. The fourth-order valence-corrected chi connectivity index (χ4v) is 2.74.